The number of carbonyl (C=O) groups is 1. The Labute approximate surface area is 82.3 Å². The maximum atomic E-state index is 10.6. The molecule has 0 atom stereocenters. The normalized spacial score (nSPS) is 17.3. The summed E-state index contributed by atoms with van der Waals surface area (Å²) in [4.78, 5) is 10.6. The Morgan fingerprint density at radius 2 is 2.21 bits per heavy atom. The van der Waals surface area contributed by atoms with Gasteiger partial charge in [0.15, 0.2) is 17.8 Å². The van der Waals surface area contributed by atoms with Gasteiger partial charge in [-0.15, -0.1) is 0 Å². The number of benzene rings is 1. The van der Waals surface area contributed by atoms with Gasteiger partial charge in [-0.1, -0.05) is 6.07 Å². The van der Waals surface area contributed by atoms with Gasteiger partial charge >= 0.3 is 0 Å². The lowest BCUT2D eigenvalue weighted by molar-refractivity contribution is 0.111. The van der Waals surface area contributed by atoms with Crippen molar-refractivity contribution in [3.63, 3.8) is 0 Å². The fourth-order valence-electron chi connectivity index (χ4n) is 1.75. The van der Waals surface area contributed by atoms with Crippen LogP contribution in [0.2, 0.25) is 0 Å². The van der Waals surface area contributed by atoms with E-state index in [0.29, 0.717) is 12.0 Å². The number of rotatable bonds is 1. The monoisotopic (exact) mass is 192 g/mol. The van der Waals surface area contributed by atoms with E-state index in [-0.39, 0.29) is 16.9 Å². The quantitative estimate of drug-likeness (QED) is 0.691. The number of fused-ring (bicyclic) bond motifs is 1. The minimum atomic E-state index is -0.290. The summed E-state index contributed by atoms with van der Waals surface area (Å²) < 4.78 is 5.56. The molecule has 0 radical (unpaired) electrons. The molecule has 0 spiro atoms. The number of ether oxygens (including phenoxy) is 1. The van der Waals surface area contributed by atoms with E-state index in [1.165, 1.54) is 0 Å². The van der Waals surface area contributed by atoms with Crippen LogP contribution in [0.1, 0.15) is 29.8 Å². The van der Waals surface area contributed by atoms with Crippen LogP contribution in [-0.2, 0) is 6.42 Å². The van der Waals surface area contributed by atoms with Crippen LogP contribution >= 0.6 is 0 Å². The first-order valence-electron chi connectivity index (χ1n) is 4.52. The predicted octanol–water partition coefficient (Wildman–Crippen LogP) is 1.92. The maximum Gasteiger partial charge on any atom is 0.168 e. The van der Waals surface area contributed by atoms with E-state index in [1.807, 2.05) is 19.9 Å². The Hall–Kier alpha value is -1.51. The van der Waals surface area contributed by atoms with Crippen LogP contribution < -0.4 is 4.74 Å². The van der Waals surface area contributed by atoms with Crippen molar-refractivity contribution < 1.29 is 14.6 Å². The molecule has 1 aromatic rings. The largest absolute Gasteiger partial charge is 0.504 e. The van der Waals surface area contributed by atoms with Crippen LogP contribution in [0.25, 0.3) is 0 Å². The second kappa shape index (κ2) is 2.74. The van der Waals surface area contributed by atoms with Gasteiger partial charge in [-0.2, -0.15) is 0 Å². The molecule has 14 heavy (non-hydrogen) atoms. The lowest BCUT2D eigenvalue weighted by Crippen LogP contribution is -2.24. The van der Waals surface area contributed by atoms with Crippen molar-refractivity contribution in [2.45, 2.75) is 25.9 Å². The number of aromatic hydroxyl groups is 1. The average molecular weight is 192 g/mol. The summed E-state index contributed by atoms with van der Waals surface area (Å²) >= 11 is 0. The van der Waals surface area contributed by atoms with Crippen LogP contribution in [0.15, 0.2) is 12.1 Å². The van der Waals surface area contributed by atoms with Gasteiger partial charge in [-0.3, -0.25) is 4.79 Å². The molecule has 1 aliphatic heterocycles. The molecule has 2 rings (SSSR count). The number of hydrogen-bond acceptors (Lipinski definition) is 3. The smallest absolute Gasteiger partial charge is 0.168 e. The summed E-state index contributed by atoms with van der Waals surface area (Å²) in [5, 5.41) is 9.69. The van der Waals surface area contributed by atoms with Gasteiger partial charge in [0.05, 0.1) is 5.56 Å². The lowest BCUT2D eigenvalue weighted by Gasteiger charge is -2.17. The topological polar surface area (TPSA) is 46.5 Å². The van der Waals surface area contributed by atoms with E-state index < -0.39 is 0 Å². The molecule has 0 aliphatic carbocycles. The van der Waals surface area contributed by atoms with E-state index in [2.05, 4.69) is 0 Å². The SMILES string of the molecule is CC1(C)Cc2ccc(C=O)c(O)c2O1. The molecule has 1 heterocycles. The highest BCUT2D eigenvalue weighted by atomic mass is 16.5. The molecule has 0 fully saturated rings. The first-order valence-corrected chi connectivity index (χ1v) is 4.52. The molecule has 0 aromatic heterocycles. The molecule has 1 aliphatic rings. The zero-order chi connectivity index (χ0) is 10.3. The lowest BCUT2D eigenvalue weighted by atomic mass is 10.0. The third-order valence-corrected chi connectivity index (χ3v) is 2.37. The Balaban J connectivity index is 2.53. The van der Waals surface area contributed by atoms with Crippen molar-refractivity contribution in [1.82, 2.24) is 0 Å². The van der Waals surface area contributed by atoms with Crippen molar-refractivity contribution in [3.05, 3.63) is 23.3 Å². The van der Waals surface area contributed by atoms with Gasteiger partial charge in [-0.25, -0.2) is 0 Å². The zero-order valence-electron chi connectivity index (χ0n) is 8.20. The molecule has 0 unspecified atom stereocenters. The molecular weight excluding hydrogens is 180 g/mol. The van der Waals surface area contributed by atoms with Gasteiger partial charge in [0.1, 0.15) is 5.60 Å². The Kier molecular flexibility index (Phi) is 1.77. The van der Waals surface area contributed by atoms with E-state index in [4.69, 9.17) is 4.74 Å². The molecular formula is C11H12O3. The number of phenols is 1. The van der Waals surface area contributed by atoms with Crippen molar-refractivity contribution in [2.75, 3.05) is 0 Å². The summed E-state index contributed by atoms with van der Waals surface area (Å²) in [6, 6.07) is 3.44. The van der Waals surface area contributed by atoms with Gasteiger partial charge in [0.2, 0.25) is 0 Å². The molecule has 0 amide bonds. The highest BCUT2D eigenvalue weighted by molar-refractivity contribution is 5.81. The Morgan fingerprint density at radius 1 is 1.50 bits per heavy atom. The van der Waals surface area contributed by atoms with Crippen LogP contribution in [0.3, 0.4) is 0 Å². The first-order chi connectivity index (χ1) is 6.53. The van der Waals surface area contributed by atoms with Crippen LogP contribution in [0.5, 0.6) is 11.5 Å². The average Bonchev–Trinajstić information content (AvgIpc) is 2.42. The number of aldehydes is 1. The van der Waals surface area contributed by atoms with Gasteiger partial charge in [0, 0.05) is 12.0 Å². The second-order valence-electron chi connectivity index (χ2n) is 4.15. The Morgan fingerprint density at radius 3 is 2.86 bits per heavy atom. The summed E-state index contributed by atoms with van der Waals surface area (Å²) in [6.45, 7) is 3.90. The van der Waals surface area contributed by atoms with Crippen LogP contribution in [0.4, 0.5) is 0 Å². The summed E-state index contributed by atoms with van der Waals surface area (Å²) in [6.07, 6.45) is 1.39. The molecule has 3 heteroatoms. The van der Waals surface area contributed by atoms with Gasteiger partial charge < -0.3 is 9.84 Å². The van der Waals surface area contributed by atoms with E-state index in [0.717, 1.165) is 12.0 Å². The van der Waals surface area contributed by atoms with E-state index in [9.17, 15) is 9.90 Å². The first kappa shape index (κ1) is 9.06. The number of phenolic OH excluding ortho intramolecular Hbond substituents is 1. The van der Waals surface area contributed by atoms with Crippen molar-refractivity contribution in [3.8, 4) is 11.5 Å². The van der Waals surface area contributed by atoms with Gasteiger partial charge in [0.25, 0.3) is 0 Å². The molecule has 1 N–H and O–H groups in total. The predicted molar refractivity (Wildman–Crippen MR) is 51.9 cm³/mol. The fourth-order valence-corrected chi connectivity index (χ4v) is 1.75. The van der Waals surface area contributed by atoms with E-state index >= 15 is 0 Å². The molecule has 1 aromatic carbocycles. The second-order valence-corrected chi connectivity index (χ2v) is 4.15. The van der Waals surface area contributed by atoms with E-state index in [1.54, 1.807) is 6.07 Å². The number of carbonyl (C=O) groups excluding carboxylic acids is 1. The third kappa shape index (κ3) is 1.25. The highest BCUT2D eigenvalue weighted by Gasteiger charge is 2.32. The van der Waals surface area contributed by atoms with Crippen molar-refractivity contribution in [1.29, 1.82) is 0 Å². The maximum absolute atomic E-state index is 10.6. The summed E-state index contributed by atoms with van der Waals surface area (Å²) in [5.41, 5.74) is 0.945. The van der Waals surface area contributed by atoms with Crippen LogP contribution in [-0.4, -0.2) is 17.0 Å². The van der Waals surface area contributed by atoms with Crippen molar-refractivity contribution >= 4 is 6.29 Å². The minimum absolute atomic E-state index is 0.0388. The highest BCUT2D eigenvalue weighted by Crippen LogP contribution is 2.42. The van der Waals surface area contributed by atoms with Crippen LogP contribution in [0, 0.1) is 0 Å². The summed E-state index contributed by atoms with van der Waals surface area (Å²) in [5.74, 6) is 0.419. The molecule has 0 saturated carbocycles. The Bertz CT molecular complexity index is 394. The van der Waals surface area contributed by atoms with Gasteiger partial charge in [-0.05, 0) is 19.9 Å². The third-order valence-electron chi connectivity index (χ3n) is 2.37. The molecule has 0 bridgehead atoms. The summed E-state index contributed by atoms with van der Waals surface area (Å²) in [7, 11) is 0. The molecule has 3 nitrogen and oxygen atoms in total. The number of hydrogen-bond donors (Lipinski definition) is 1. The van der Waals surface area contributed by atoms with Crippen molar-refractivity contribution in [2.24, 2.45) is 0 Å². The standard InChI is InChI=1S/C11H12O3/c1-11(2)5-7-3-4-8(6-12)9(13)10(7)14-11/h3-4,6,13H,5H2,1-2H3. The molecule has 74 valence electrons. The fraction of sp³-hybridized carbons (Fsp3) is 0.364. The minimum Gasteiger partial charge on any atom is -0.504 e. The molecule has 0 saturated heterocycles. The zero-order valence-corrected chi connectivity index (χ0v) is 8.20.